The Labute approximate surface area is 115 Å². The van der Waals surface area contributed by atoms with Gasteiger partial charge in [-0.2, -0.15) is 0 Å². The molecule has 1 unspecified atom stereocenters. The molecule has 0 radical (unpaired) electrons. The van der Waals surface area contributed by atoms with Gasteiger partial charge in [0.2, 0.25) is 0 Å². The normalized spacial score (nSPS) is 30.7. The van der Waals surface area contributed by atoms with Gasteiger partial charge in [0.1, 0.15) is 5.60 Å². The molecule has 0 aromatic carbocycles. The summed E-state index contributed by atoms with van der Waals surface area (Å²) >= 11 is 5.12. The number of ether oxygens (including phenoxy) is 1. The summed E-state index contributed by atoms with van der Waals surface area (Å²) in [6.45, 7) is 8.03. The van der Waals surface area contributed by atoms with Gasteiger partial charge in [-0.1, -0.05) is 0 Å². The molecular weight excluding hydrogens is 300 g/mol. The molecule has 1 aromatic heterocycles. The molecule has 0 spiro atoms. The van der Waals surface area contributed by atoms with Crippen molar-refractivity contribution in [1.29, 1.82) is 0 Å². The maximum Gasteiger partial charge on any atom is 0.101 e. The van der Waals surface area contributed by atoms with E-state index in [4.69, 9.17) is 4.74 Å². The van der Waals surface area contributed by atoms with E-state index in [1.165, 1.54) is 4.88 Å². The van der Waals surface area contributed by atoms with Crippen molar-refractivity contribution in [2.24, 2.45) is 0 Å². The van der Waals surface area contributed by atoms with Gasteiger partial charge in [0, 0.05) is 27.6 Å². The molecule has 4 heteroatoms. The Morgan fingerprint density at radius 3 is 2.47 bits per heavy atom. The third-order valence-corrected chi connectivity index (χ3v) is 5.16. The molecular formula is C13H19BrO2S. The van der Waals surface area contributed by atoms with Crippen molar-refractivity contribution >= 4 is 27.3 Å². The summed E-state index contributed by atoms with van der Waals surface area (Å²) < 4.78 is 7.05. The summed E-state index contributed by atoms with van der Waals surface area (Å²) in [5, 5.41) is 12.9. The smallest absolute Gasteiger partial charge is 0.101 e. The van der Waals surface area contributed by atoms with E-state index in [1.807, 2.05) is 33.1 Å². The molecule has 0 bridgehead atoms. The molecule has 1 saturated heterocycles. The van der Waals surface area contributed by atoms with Crippen molar-refractivity contribution in [3.63, 3.8) is 0 Å². The van der Waals surface area contributed by atoms with Crippen molar-refractivity contribution in [3.05, 3.63) is 20.8 Å². The monoisotopic (exact) mass is 318 g/mol. The zero-order valence-electron chi connectivity index (χ0n) is 10.7. The predicted octanol–water partition coefficient (Wildman–Crippen LogP) is 3.76. The fourth-order valence-corrected chi connectivity index (χ4v) is 4.31. The highest BCUT2D eigenvalue weighted by molar-refractivity contribution is 9.10. The van der Waals surface area contributed by atoms with Crippen LogP contribution >= 0.6 is 27.3 Å². The zero-order valence-corrected chi connectivity index (χ0v) is 13.1. The first-order chi connectivity index (χ1) is 7.64. The first kappa shape index (κ1) is 13.5. The van der Waals surface area contributed by atoms with Crippen molar-refractivity contribution in [2.45, 2.75) is 57.3 Å². The van der Waals surface area contributed by atoms with Gasteiger partial charge in [-0.05, 0) is 49.7 Å². The minimum atomic E-state index is -0.791. The van der Waals surface area contributed by atoms with E-state index in [-0.39, 0.29) is 5.60 Å². The highest BCUT2D eigenvalue weighted by Gasteiger charge is 2.56. The van der Waals surface area contributed by atoms with Gasteiger partial charge in [-0.3, -0.25) is 0 Å². The van der Waals surface area contributed by atoms with Crippen molar-refractivity contribution < 1.29 is 9.84 Å². The maximum absolute atomic E-state index is 10.9. The first-order valence-electron chi connectivity index (χ1n) is 5.79. The van der Waals surface area contributed by atoms with E-state index >= 15 is 0 Å². The van der Waals surface area contributed by atoms with E-state index in [0.29, 0.717) is 12.8 Å². The molecule has 1 aromatic rings. The minimum absolute atomic E-state index is 0.257. The quantitative estimate of drug-likeness (QED) is 0.899. The highest BCUT2D eigenvalue weighted by Crippen LogP contribution is 2.47. The number of thiophene rings is 1. The van der Waals surface area contributed by atoms with E-state index in [0.717, 1.165) is 4.47 Å². The van der Waals surface area contributed by atoms with Crippen LogP contribution in [0, 0.1) is 0 Å². The predicted molar refractivity (Wildman–Crippen MR) is 74.5 cm³/mol. The summed E-state index contributed by atoms with van der Waals surface area (Å²) in [5.74, 6) is 0. The molecule has 96 valence electrons. The fourth-order valence-electron chi connectivity index (χ4n) is 2.75. The SMILES string of the molecule is CC1(C)CC(O)(Cc2cc(Br)cs2)C(C)(C)O1. The van der Waals surface area contributed by atoms with Gasteiger partial charge in [-0.15, -0.1) is 11.3 Å². The molecule has 17 heavy (non-hydrogen) atoms. The van der Waals surface area contributed by atoms with Crippen LogP contribution in [0.4, 0.5) is 0 Å². The van der Waals surface area contributed by atoms with Crippen LogP contribution in [0.5, 0.6) is 0 Å². The van der Waals surface area contributed by atoms with Gasteiger partial charge in [0.05, 0.1) is 11.2 Å². The second kappa shape index (κ2) is 4.05. The van der Waals surface area contributed by atoms with Gasteiger partial charge in [0.15, 0.2) is 0 Å². The van der Waals surface area contributed by atoms with Crippen molar-refractivity contribution in [3.8, 4) is 0 Å². The van der Waals surface area contributed by atoms with Crippen LogP contribution in [-0.2, 0) is 11.2 Å². The van der Waals surface area contributed by atoms with Crippen LogP contribution in [0.3, 0.4) is 0 Å². The minimum Gasteiger partial charge on any atom is -0.386 e. The van der Waals surface area contributed by atoms with E-state index < -0.39 is 11.2 Å². The summed E-state index contributed by atoms with van der Waals surface area (Å²) in [6.07, 6.45) is 1.32. The standard InChI is InChI=1S/C13H19BrO2S/c1-11(2)8-13(15,12(3,4)16-11)6-10-5-9(14)7-17-10/h5,7,15H,6,8H2,1-4H3. The molecule has 1 atom stereocenters. The Balaban J connectivity index is 2.24. The summed E-state index contributed by atoms with van der Waals surface area (Å²) in [5.41, 5.74) is -1.56. The molecule has 1 N–H and O–H groups in total. The second-order valence-corrected chi connectivity index (χ2v) is 7.90. The average Bonchev–Trinajstić information content (AvgIpc) is 2.52. The Bertz CT molecular complexity index is 425. The van der Waals surface area contributed by atoms with Crippen molar-refractivity contribution in [1.82, 2.24) is 0 Å². The molecule has 0 saturated carbocycles. The maximum atomic E-state index is 10.9. The first-order valence-corrected chi connectivity index (χ1v) is 7.46. The molecule has 0 amide bonds. The lowest BCUT2D eigenvalue weighted by molar-refractivity contribution is -0.125. The zero-order chi connectivity index (χ0) is 12.9. The van der Waals surface area contributed by atoms with Gasteiger partial charge in [0.25, 0.3) is 0 Å². The van der Waals surface area contributed by atoms with E-state index in [1.54, 1.807) is 11.3 Å². The summed E-state index contributed by atoms with van der Waals surface area (Å²) in [4.78, 5) is 1.19. The Morgan fingerprint density at radius 2 is 2.06 bits per heavy atom. The molecule has 2 heterocycles. The van der Waals surface area contributed by atoms with Crippen LogP contribution in [0.2, 0.25) is 0 Å². The topological polar surface area (TPSA) is 29.5 Å². The van der Waals surface area contributed by atoms with Gasteiger partial charge >= 0.3 is 0 Å². The third-order valence-electron chi connectivity index (χ3n) is 3.46. The molecule has 2 rings (SSSR count). The lowest BCUT2D eigenvalue weighted by Gasteiger charge is -2.34. The third kappa shape index (κ3) is 2.60. The van der Waals surface area contributed by atoms with Gasteiger partial charge < -0.3 is 9.84 Å². The van der Waals surface area contributed by atoms with Gasteiger partial charge in [-0.25, -0.2) is 0 Å². The molecule has 0 aliphatic carbocycles. The molecule has 1 fully saturated rings. The van der Waals surface area contributed by atoms with Crippen LogP contribution in [0.25, 0.3) is 0 Å². The van der Waals surface area contributed by atoms with Crippen LogP contribution in [0.15, 0.2) is 15.9 Å². The summed E-state index contributed by atoms with van der Waals surface area (Å²) in [7, 11) is 0. The molecule has 1 aliphatic rings. The Hall–Kier alpha value is 0.1000. The van der Waals surface area contributed by atoms with Crippen LogP contribution < -0.4 is 0 Å². The number of hydrogen-bond donors (Lipinski definition) is 1. The summed E-state index contributed by atoms with van der Waals surface area (Å²) in [6, 6.07) is 2.07. The fraction of sp³-hybridized carbons (Fsp3) is 0.692. The highest BCUT2D eigenvalue weighted by atomic mass is 79.9. The number of aliphatic hydroxyl groups is 1. The average molecular weight is 319 g/mol. The lowest BCUT2D eigenvalue weighted by atomic mass is 9.79. The number of hydrogen-bond acceptors (Lipinski definition) is 3. The van der Waals surface area contributed by atoms with Crippen LogP contribution in [-0.4, -0.2) is 21.9 Å². The molecule has 2 nitrogen and oxygen atoms in total. The van der Waals surface area contributed by atoms with E-state index in [9.17, 15) is 5.11 Å². The van der Waals surface area contributed by atoms with Crippen LogP contribution in [0.1, 0.15) is 39.0 Å². The largest absolute Gasteiger partial charge is 0.386 e. The Kier molecular flexibility index (Phi) is 3.22. The number of halogens is 1. The Morgan fingerprint density at radius 1 is 1.41 bits per heavy atom. The number of rotatable bonds is 2. The molecule has 1 aliphatic heterocycles. The van der Waals surface area contributed by atoms with E-state index in [2.05, 4.69) is 22.0 Å². The van der Waals surface area contributed by atoms with Crippen molar-refractivity contribution in [2.75, 3.05) is 0 Å². The lowest BCUT2D eigenvalue weighted by Crippen LogP contribution is -2.47. The second-order valence-electron chi connectivity index (χ2n) is 5.99.